The molecule has 1 saturated heterocycles. The number of nitrogens with zero attached hydrogens (tertiary/aromatic N) is 1. The maximum absolute atomic E-state index is 11.4. The summed E-state index contributed by atoms with van der Waals surface area (Å²) in [6, 6.07) is 1.11. The molecule has 0 aromatic heterocycles. The number of carbonyl (C=O) groups excluding carboxylic acids is 1. The lowest BCUT2D eigenvalue weighted by atomic mass is 9.97. The molecule has 0 saturated carbocycles. The summed E-state index contributed by atoms with van der Waals surface area (Å²) in [4.78, 5) is 13.8. The first-order valence-electron chi connectivity index (χ1n) is 5.67. The average Bonchev–Trinajstić information content (AvgIpc) is 2.12. The van der Waals surface area contributed by atoms with Gasteiger partial charge in [-0.15, -0.1) is 0 Å². The lowest BCUT2D eigenvalue weighted by Gasteiger charge is -2.38. The Kier molecular flexibility index (Phi) is 4.39. The number of hydrogen-bond acceptors (Lipinski definition) is 2. The molecule has 14 heavy (non-hydrogen) atoms. The summed E-state index contributed by atoms with van der Waals surface area (Å²) in [6.45, 7) is 7.69. The molecule has 1 heterocycles. The molecule has 0 aliphatic carbocycles. The molecule has 0 aromatic rings. The predicted octanol–water partition coefficient (Wildman–Crippen LogP) is 1.39. The summed E-state index contributed by atoms with van der Waals surface area (Å²) in [5.41, 5.74) is 0. The monoisotopic (exact) mass is 198 g/mol. The molecule has 0 bridgehead atoms. The van der Waals surface area contributed by atoms with Crippen molar-refractivity contribution < 1.29 is 4.79 Å². The third kappa shape index (κ3) is 2.98. The van der Waals surface area contributed by atoms with Crippen LogP contribution >= 0.6 is 0 Å². The Morgan fingerprint density at radius 2 is 1.93 bits per heavy atom. The third-order valence-electron chi connectivity index (χ3n) is 3.08. The van der Waals surface area contributed by atoms with Crippen LogP contribution in [0.5, 0.6) is 0 Å². The number of carbonyl (C=O) groups is 1. The van der Waals surface area contributed by atoms with Crippen LogP contribution in [-0.2, 0) is 4.79 Å². The number of nitrogens with one attached hydrogen (secondary N) is 1. The topological polar surface area (TPSA) is 32.3 Å². The maximum atomic E-state index is 11.4. The Bertz CT molecular complexity index is 184. The van der Waals surface area contributed by atoms with Gasteiger partial charge in [0.05, 0.1) is 6.54 Å². The zero-order valence-corrected chi connectivity index (χ0v) is 9.55. The van der Waals surface area contributed by atoms with Crippen molar-refractivity contribution in [2.75, 3.05) is 13.1 Å². The fourth-order valence-electron chi connectivity index (χ4n) is 2.21. The van der Waals surface area contributed by atoms with Gasteiger partial charge < -0.3 is 5.32 Å². The van der Waals surface area contributed by atoms with Gasteiger partial charge in [0.25, 0.3) is 0 Å². The number of hydrogen-bond donors (Lipinski definition) is 1. The van der Waals surface area contributed by atoms with Crippen LogP contribution in [0.15, 0.2) is 0 Å². The number of piperidine rings is 1. The highest BCUT2D eigenvalue weighted by Gasteiger charge is 2.25. The van der Waals surface area contributed by atoms with Gasteiger partial charge in [-0.1, -0.05) is 6.42 Å². The molecule has 2 atom stereocenters. The fourth-order valence-corrected chi connectivity index (χ4v) is 2.21. The second-order valence-corrected chi connectivity index (χ2v) is 4.25. The van der Waals surface area contributed by atoms with E-state index in [1.165, 1.54) is 19.3 Å². The van der Waals surface area contributed by atoms with Crippen LogP contribution in [0.25, 0.3) is 0 Å². The minimum absolute atomic E-state index is 0.160. The highest BCUT2D eigenvalue weighted by atomic mass is 16.2. The van der Waals surface area contributed by atoms with E-state index in [0.29, 0.717) is 18.6 Å². The first-order chi connectivity index (χ1) is 6.65. The second-order valence-electron chi connectivity index (χ2n) is 4.25. The Hall–Kier alpha value is -0.570. The van der Waals surface area contributed by atoms with E-state index in [2.05, 4.69) is 24.1 Å². The Labute approximate surface area is 86.9 Å². The molecule has 1 aliphatic heterocycles. The van der Waals surface area contributed by atoms with Crippen LogP contribution in [0, 0.1) is 0 Å². The zero-order chi connectivity index (χ0) is 10.6. The van der Waals surface area contributed by atoms with Crippen molar-refractivity contribution in [3.05, 3.63) is 0 Å². The summed E-state index contributed by atoms with van der Waals surface area (Å²) in [5, 5.41) is 2.85. The normalized spacial score (nSPS) is 28.8. The SMILES string of the molecule is CCNC(=O)CN1C(C)CCCC1C. The minimum Gasteiger partial charge on any atom is -0.355 e. The molecule has 2 unspecified atom stereocenters. The highest BCUT2D eigenvalue weighted by molar-refractivity contribution is 5.78. The van der Waals surface area contributed by atoms with Crippen molar-refractivity contribution in [3.8, 4) is 0 Å². The van der Waals surface area contributed by atoms with E-state index < -0.39 is 0 Å². The summed E-state index contributed by atoms with van der Waals surface area (Å²) in [7, 11) is 0. The van der Waals surface area contributed by atoms with E-state index in [9.17, 15) is 4.79 Å². The summed E-state index contributed by atoms with van der Waals surface area (Å²) in [6.07, 6.45) is 3.75. The fraction of sp³-hybridized carbons (Fsp3) is 0.909. The molecule has 82 valence electrons. The van der Waals surface area contributed by atoms with Crippen LogP contribution < -0.4 is 5.32 Å². The highest BCUT2D eigenvalue weighted by Crippen LogP contribution is 2.21. The summed E-state index contributed by atoms with van der Waals surface area (Å²) in [5.74, 6) is 0.160. The van der Waals surface area contributed by atoms with Gasteiger partial charge in [-0.2, -0.15) is 0 Å². The van der Waals surface area contributed by atoms with Gasteiger partial charge in [0.15, 0.2) is 0 Å². The van der Waals surface area contributed by atoms with Crippen LogP contribution in [0.1, 0.15) is 40.0 Å². The Balaban J connectivity index is 2.43. The number of likely N-dealkylation sites (N-methyl/N-ethyl adjacent to an activating group) is 1. The maximum Gasteiger partial charge on any atom is 0.234 e. The van der Waals surface area contributed by atoms with Crippen molar-refractivity contribution in [1.82, 2.24) is 10.2 Å². The van der Waals surface area contributed by atoms with E-state index in [1.54, 1.807) is 0 Å². The summed E-state index contributed by atoms with van der Waals surface area (Å²) >= 11 is 0. The number of likely N-dealkylation sites (tertiary alicyclic amines) is 1. The quantitative estimate of drug-likeness (QED) is 0.743. The van der Waals surface area contributed by atoms with E-state index in [4.69, 9.17) is 0 Å². The predicted molar refractivity (Wildman–Crippen MR) is 58.2 cm³/mol. The van der Waals surface area contributed by atoms with E-state index in [1.807, 2.05) is 6.92 Å². The van der Waals surface area contributed by atoms with Gasteiger partial charge in [-0.3, -0.25) is 9.69 Å². The molecular formula is C11H22N2O. The van der Waals surface area contributed by atoms with Crippen LogP contribution in [-0.4, -0.2) is 36.0 Å². The van der Waals surface area contributed by atoms with Gasteiger partial charge in [0.2, 0.25) is 5.91 Å². The molecular weight excluding hydrogens is 176 g/mol. The minimum atomic E-state index is 0.160. The second kappa shape index (κ2) is 5.35. The molecule has 0 radical (unpaired) electrons. The third-order valence-corrected chi connectivity index (χ3v) is 3.08. The molecule has 1 aliphatic rings. The van der Waals surface area contributed by atoms with E-state index >= 15 is 0 Å². The first kappa shape index (κ1) is 11.5. The van der Waals surface area contributed by atoms with Gasteiger partial charge in [-0.25, -0.2) is 0 Å². The molecule has 1 amide bonds. The standard InChI is InChI=1S/C11H22N2O/c1-4-12-11(14)8-13-9(2)6-5-7-10(13)3/h9-10H,4-8H2,1-3H3,(H,12,14). The molecule has 0 aromatic carbocycles. The van der Waals surface area contributed by atoms with Gasteiger partial charge >= 0.3 is 0 Å². The smallest absolute Gasteiger partial charge is 0.234 e. The summed E-state index contributed by atoms with van der Waals surface area (Å²) < 4.78 is 0. The van der Waals surface area contributed by atoms with Crippen LogP contribution in [0.2, 0.25) is 0 Å². The van der Waals surface area contributed by atoms with Gasteiger partial charge in [0.1, 0.15) is 0 Å². The van der Waals surface area contributed by atoms with E-state index in [0.717, 1.165) is 6.54 Å². The van der Waals surface area contributed by atoms with Crippen molar-refractivity contribution >= 4 is 5.91 Å². The molecule has 1 fully saturated rings. The molecule has 3 nitrogen and oxygen atoms in total. The number of amides is 1. The van der Waals surface area contributed by atoms with E-state index in [-0.39, 0.29) is 5.91 Å². The van der Waals surface area contributed by atoms with Crippen molar-refractivity contribution in [1.29, 1.82) is 0 Å². The Morgan fingerprint density at radius 3 is 2.43 bits per heavy atom. The zero-order valence-electron chi connectivity index (χ0n) is 9.55. The lowest BCUT2D eigenvalue weighted by molar-refractivity contribution is -0.123. The van der Waals surface area contributed by atoms with Crippen molar-refractivity contribution in [2.24, 2.45) is 0 Å². The van der Waals surface area contributed by atoms with Crippen molar-refractivity contribution in [2.45, 2.75) is 52.1 Å². The largest absolute Gasteiger partial charge is 0.355 e. The average molecular weight is 198 g/mol. The van der Waals surface area contributed by atoms with Crippen LogP contribution in [0.3, 0.4) is 0 Å². The van der Waals surface area contributed by atoms with Gasteiger partial charge in [0, 0.05) is 18.6 Å². The number of rotatable bonds is 3. The molecule has 1 N–H and O–H groups in total. The Morgan fingerprint density at radius 1 is 1.36 bits per heavy atom. The van der Waals surface area contributed by atoms with Crippen molar-refractivity contribution in [3.63, 3.8) is 0 Å². The molecule has 3 heteroatoms. The lowest BCUT2D eigenvalue weighted by Crippen LogP contribution is -2.48. The van der Waals surface area contributed by atoms with Crippen LogP contribution in [0.4, 0.5) is 0 Å². The molecule has 0 spiro atoms. The van der Waals surface area contributed by atoms with Gasteiger partial charge in [-0.05, 0) is 33.6 Å². The first-order valence-corrected chi connectivity index (χ1v) is 5.67. The molecule has 1 rings (SSSR count).